The van der Waals surface area contributed by atoms with Crippen molar-refractivity contribution in [3.8, 4) is 0 Å². The number of nitrogens with zero attached hydrogens (tertiary/aromatic N) is 2. The van der Waals surface area contributed by atoms with Crippen molar-refractivity contribution in [1.82, 2.24) is 9.88 Å². The molecule has 23 heavy (non-hydrogen) atoms. The summed E-state index contributed by atoms with van der Waals surface area (Å²) in [5, 5.41) is 2.22. The van der Waals surface area contributed by atoms with E-state index in [1.165, 1.54) is 29.7 Å². The molecule has 0 spiro atoms. The number of amides is 1. The molecule has 0 radical (unpaired) electrons. The number of carbonyl (C=O) groups is 1. The molecule has 1 aliphatic rings. The molecule has 1 saturated heterocycles. The Kier molecular flexibility index (Phi) is 3.77. The molecule has 4 heteroatoms. The van der Waals surface area contributed by atoms with Crippen LogP contribution in [0.1, 0.15) is 40.9 Å². The van der Waals surface area contributed by atoms with E-state index in [0.29, 0.717) is 0 Å². The molecule has 3 aromatic rings. The predicted octanol–water partition coefficient (Wildman–Crippen LogP) is 4.77. The Morgan fingerprint density at radius 2 is 1.83 bits per heavy atom. The topological polar surface area (TPSA) is 33.2 Å². The summed E-state index contributed by atoms with van der Waals surface area (Å²) < 4.78 is 0. The molecule has 0 N–H and O–H groups in total. The van der Waals surface area contributed by atoms with Crippen LogP contribution >= 0.6 is 11.3 Å². The Hall–Kier alpha value is -1.94. The Labute approximate surface area is 139 Å². The average molecular weight is 324 g/mol. The fourth-order valence-corrected chi connectivity index (χ4v) is 4.28. The van der Waals surface area contributed by atoms with Gasteiger partial charge in [-0.05, 0) is 44.0 Å². The molecule has 3 heterocycles. The van der Waals surface area contributed by atoms with Gasteiger partial charge in [-0.3, -0.25) is 4.79 Å². The molecule has 3 nitrogen and oxygen atoms in total. The smallest absolute Gasteiger partial charge is 0.264 e. The molecule has 1 aliphatic heterocycles. The fourth-order valence-electron chi connectivity index (χ4n) is 3.29. The second-order valence-corrected chi connectivity index (χ2v) is 7.43. The SMILES string of the molecule is Cc1ccc2nc3sc(C(=O)N4CCCCCC4)cc3cc2c1. The molecule has 1 aromatic carbocycles. The lowest BCUT2D eigenvalue weighted by Gasteiger charge is -2.19. The third kappa shape index (κ3) is 2.83. The second kappa shape index (κ2) is 5.93. The first kappa shape index (κ1) is 14.6. The lowest BCUT2D eigenvalue weighted by atomic mass is 10.1. The number of rotatable bonds is 1. The highest BCUT2D eigenvalue weighted by molar-refractivity contribution is 7.20. The number of hydrogen-bond acceptors (Lipinski definition) is 3. The van der Waals surface area contributed by atoms with Crippen molar-refractivity contribution >= 4 is 38.4 Å². The summed E-state index contributed by atoms with van der Waals surface area (Å²) in [6, 6.07) is 10.5. The van der Waals surface area contributed by atoms with Crippen molar-refractivity contribution in [3.05, 3.63) is 40.8 Å². The van der Waals surface area contributed by atoms with Gasteiger partial charge in [-0.15, -0.1) is 11.3 Å². The summed E-state index contributed by atoms with van der Waals surface area (Å²) in [5.41, 5.74) is 2.23. The number of aromatic nitrogens is 1. The quantitative estimate of drug-likeness (QED) is 0.646. The van der Waals surface area contributed by atoms with Crippen LogP contribution in [0.2, 0.25) is 0 Å². The van der Waals surface area contributed by atoms with E-state index >= 15 is 0 Å². The molecule has 0 aliphatic carbocycles. The Morgan fingerprint density at radius 3 is 2.61 bits per heavy atom. The second-order valence-electron chi connectivity index (χ2n) is 6.40. The van der Waals surface area contributed by atoms with E-state index in [9.17, 15) is 4.79 Å². The molecule has 118 valence electrons. The minimum absolute atomic E-state index is 0.176. The third-order valence-corrected chi connectivity index (χ3v) is 5.59. The van der Waals surface area contributed by atoms with Gasteiger partial charge in [0.05, 0.1) is 10.4 Å². The zero-order chi connectivity index (χ0) is 15.8. The van der Waals surface area contributed by atoms with Crippen molar-refractivity contribution in [2.45, 2.75) is 32.6 Å². The van der Waals surface area contributed by atoms with E-state index in [1.807, 2.05) is 11.0 Å². The van der Waals surface area contributed by atoms with E-state index in [0.717, 1.165) is 51.9 Å². The number of likely N-dealkylation sites (tertiary alicyclic amines) is 1. The predicted molar refractivity (Wildman–Crippen MR) is 96.2 cm³/mol. The van der Waals surface area contributed by atoms with E-state index in [2.05, 4.69) is 31.2 Å². The van der Waals surface area contributed by atoms with Crippen LogP contribution in [-0.2, 0) is 0 Å². The van der Waals surface area contributed by atoms with Gasteiger partial charge in [0.2, 0.25) is 0 Å². The number of pyridine rings is 1. The lowest BCUT2D eigenvalue weighted by Crippen LogP contribution is -2.31. The van der Waals surface area contributed by atoms with Crippen LogP contribution in [0, 0.1) is 6.92 Å². The molecular weight excluding hydrogens is 304 g/mol. The van der Waals surface area contributed by atoms with Gasteiger partial charge in [0.1, 0.15) is 4.83 Å². The largest absolute Gasteiger partial charge is 0.338 e. The van der Waals surface area contributed by atoms with Gasteiger partial charge in [0.25, 0.3) is 5.91 Å². The molecule has 4 rings (SSSR count). The zero-order valence-electron chi connectivity index (χ0n) is 13.3. The Bertz CT molecular complexity index is 876. The number of carbonyl (C=O) groups excluding carboxylic acids is 1. The third-order valence-electron chi connectivity index (χ3n) is 4.56. The van der Waals surface area contributed by atoms with Crippen LogP contribution in [0.4, 0.5) is 0 Å². The molecule has 0 saturated carbocycles. The van der Waals surface area contributed by atoms with Gasteiger partial charge in [-0.25, -0.2) is 4.98 Å². The maximum absolute atomic E-state index is 12.8. The highest BCUT2D eigenvalue weighted by Crippen LogP contribution is 2.29. The monoisotopic (exact) mass is 324 g/mol. The van der Waals surface area contributed by atoms with E-state index < -0.39 is 0 Å². The van der Waals surface area contributed by atoms with Gasteiger partial charge in [-0.1, -0.05) is 24.5 Å². The van der Waals surface area contributed by atoms with Crippen molar-refractivity contribution in [1.29, 1.82) is 0 Å². The summed E-state index contributed by atoms with van der Waals surface area (Å²) in [4.78, 5) is 21.3. The van der Waals surface area contributed by atoms with Crippen molar-refractivity contribution in [2.75, 3.05) is 13.1 Å². The Balaban J connectivity index is 1.72. The van der Waals surface area contributed by atoms with Gasteiger partial charge in [-0.2, -0.15) is 0 Å². The Morgan fingerprint density at radius 1 is 1.04 bits per heavy atom. The van der Waals surface area contributed by atoms with Gasteiger partial charge >= 0.3 is 0 Å². The molecule has 2 aromatic heterocycles. The van der Waals surface area contributed by atoms with Crippen molar-refractivity contribution in [2.24, 2.45) is 0 Å². The standard InChI is InChI=1S/C19H20N2OS/c1-13-6-7-16-14(10-13)11-15-12-17(23-18(15)20-16)19(22)21-8-4-2-3-5-9-21/h6-7,10-12H,2-5,8-9H2,1H3. The molecule has 0 unspecified atom stereocenters. The molecule has 0 atom stereocenters. The van der Waals surface area contributed by atoms with Crippen molar-refractivity contribution < 1.29 is 4.79 Å². The highest BCUT2D eigenvalue weighted by Gasteiger charge is 2.19. The van der Waals surface area contributed by atoms with Gasteiger partial charge < -0.3 is 4.90 Å². The van der Waals surface area contributed by atoms with Crippen LogP contribution in [-0.4, -0.2) is 28.9 Å². The van der Waals surface area contributed by atoms with Crippen LogP contribution in [0.5, 0.6) is 0 Å². The zero-order valence-corrected chi connectivity index (χ0v) is 14.2. The normalized spacial score (nSPS) is 16.0. The number of aryl methyl sites for hydroxylation is 1. The molecule has 0 bridgehead atoms. The summed E-state index contributed by atoms with van der Waals surface area (Å²) in [6.07, 6.45) is 4.72. The number of fused-ring (bicyclic) bond motifs is 2. The van der Waals surface area contributed by atoms with E-state index in [4.69, 9.17) is 4.98 Å². The fraction of sp³-hybridized carbons (Fsp3) is 0.368. The number of hydrogen-bond donors (Lipinski definition) is 0. The van der Waals surface area contributed by atoms with Gasteiger partial charge in [0.15, 0.2) is 0 Å². The first-order valence-corrected chi connectivity index (χ1v) is 9.12. The summed E-state index contributed by atoms with van der Waals surface area (Å²) in [5.74, 6) is 0.176. The van der Waals surface area contributed by atoms with Crippen LogP contribution in [0.15, 0.2) is 30.3 Å². The first-order chi connectivity index (χ1) is 11.2. The van der Waals surface area contributed by atoms with Crippen LogP contribution < -0.4 is 0 Å². The average Bonchev–Trinajstić information content (AvgIpc) is 2.77. The summed E-state index contributed by atoms with van der Waals surface area (Å²) in [6.45, 7) is 3.87. The minimum Gasteiger partial charge on any atom is -0.338 e. The lowest BCUT2D eigenvalue weighted by molar-refractivity contribution is 0.0766. The number of thiophene rings is 1. The molecule has 1 fully saturated rings. The van der Waals surface area contributed by atoms with Crippen LogP contribution in [0.3, 0.4) is 0 Å². The highest BCUT2D eigenvalue weighted by atomic mass is 32.1. The van der Waals surface area contributed by atoms with E-state index in [-0.39, 0.29) is 5.91 Å². The van der Waals surface area contributed by atoms with Gasteiger partial charge in [0, 0.05) is 23.9 Å². The van der Waals surface area contributed by atoms with E-state index in [1.54, 1.807) is 0 Å². The van der Waals surface area contributed by atoms with Crippen LogP contribution in [0.25, 0.3) is 21.1 Å². The maximum atomic E-state index is 12.8. The first-order valence-electron chi connectivity index (χ1n) is 8.31. The molecule has 1 amide bonds. The number of benzene rings is 1. The summed E-state index contributed by atoms with van der Waals surface area (Å²) in [7, 11) is 0. The summed E-state index contributed by atoms with van der Waals surface area (Å²) >= 11 is 1.52. The maximum Gasteiger partial charge on any atom is 0.264 e. The van der Waals surface area contributed by atoms with Crippen molar-refractivity contribution in [3.63, 3.8) is 0 Å². The molecular formula is C19H20N2OS. The minimum atomic E-state index is 0.176.